The second-order valence-corrected chi connectivity index (χ2v) is 7.63. The molecule has 0 atom stereocenters. The smallest absolute Gasteiger partial charge is 0.354 e. The lowest BCUT2D eigenvalue weighted by atomic mass is 9.97. The molecule has 0 N–H and O–H groups in total. The van der Waals surface area contributed by atoms with E-state index < -0.39 is 23.3 Å². The molecule has 148 valence electrons. The van der Waals surface area contributed by atoms with Crippen LogP contribution in [0, 0.1) is 11.3 Å². The highest BCUT2D eigenvalue weighted by atomic mass is 35.5. The number of ketones is 1. The Bertz CT molecular complexity index is 968. The molecule has 1 aromatic heterocycles. The zero-order chi connectivity index (χ0) is 21.3. The highest BCUT2D eigenvalue weighted by Gasteiger charge is 2.45. The molecule has 0 bridgehead atoms. The Morgan fingerprint density at radius 1 is 1.39 bits per heavy atom. The Morgan fingerprint density at radius 3 is 2.57 bits per heavy atom. The first-order valence-corrected chi connectivity index (χ1v) is 8.51. The number of allylic oxidation sites excluding steroid dienone is 7. The summed E-state index contributed by atoms with van der Waals surface area (Å²) in [4.78, 5) is 12.0. The van der Waals surface area contributed by atoms with Gasteiger partial charge in [0.1, 0.15) is 29.1 Å². The van der Waals surface area contributed by atoms with Crippen LogP contribution in [-0.2, 0) is 4.79 Å². The number of halogens is 4. The Morgan fingerprint density at radius 2 is 2.04 bits per heavy atom. The second-order valence-electron chi connectivity index (χ2n) is 7.14. The van der Waals surface area contributed by atoms with Gasteiger partial charge in [0.15, 0.2) is 5.76 Å². The minimum Gasteiger partial charge on any atom is -0.354 e. The van der Waals surface area contributed by atoms with Gasteiger partial charge in [0.05, 0.1) is 21.1 Å². The molecule has 5 nitrogen and oxygen atoms in total. The third-order valence-corrected chi connectivity index (χ3v) is 4.06. The van der Waals surface area contributed by atoms with Gasteiger partial charge in [-0.05, 0) is 24.1 Å². The van der Waals surface area contributed by atoms with Gasteiger partial charge in [-0.3, -0.25) is 4.79 Å². The average Bonchev–Trinajstić information content (AvgIpc) is 2.90. The zero-order valence-corrected chi connectivity index (χ0v) is 16.4. The zero-order valence-electron chi connectivity index (χ0n) is 15.7. The molecule has 0 amide bonds. The number of carbonyl (C=O) groups is 1. The summed E-state index contributed by atoms with van der Waals surface area (Å²) >= 11 is 6.11. The molecular formula is C19H18ClF3N3O2+. The van der Waals surface area contributed by atoms with Gasteiger partial charge in [0.2, 0.25) is 0 Å². The molecule has 1 aliphatic rings. The fraction of sp³-hybridized carbons (Fsp3) is 0.316. The molecule has 0 fully saturated rings. The molecule has 1 aliphatic carbocycles. The number of hydrogen-bond donors (Lipinski definition) is 0. The van der Waals surface area contributed by atoms with Gasteiger partial charge < -0.3 is 9.01 Å². The van der Waals surface area contributed by atoms with Crippen LogP contribution in [0.15, 0.2) is 39.6 Å². The third-order valence-electron chi connectivity index (χ3n) is 3.80. The van der Waals surface area contributed by atoms with Crippen LogP contribution in [0.3, 0.4) is 0 Å². The number of rotatable bonds is 4. The molecule has 0 saturated carbocycles. The minimum atomic E-state index is -5.13. The Labute approximate surface area is 165 Å². The van der Waals surface area contributed by atoms with Gasteiger partial charge in [-0.2, -0.15) is 18.4 Å². The predicted octanol–water partition coefficient (Wildman–Crippen LogP) is 4.58. The van der Waals surface area contributed by atoms with Crippen molar-refractivity contribution in [1.29, 1.82) is 5.26 Å². The average molecular weight is 413 g/mol. The molecule has 0 aromatic carbocycles. The lowest BCUT2D eigenvalue weighted by Crippen LogP contribution is -2.31. The second kappa shape index (κ2) is 7.78. The van der Waals surface area contributed by atoms with Crippen LogP contribution >= 0.6 is 11.6 Å². The summed E-state index contributed by atoms with van der Waals surface area (Å²) in [6.45, 7) is 1.76. The maximum absolute atomic E-state index is 13.1. The van der Waals surface area contributed by atoms with E-state index in [1.165, 1.54) is 0 Å². The van der Waals surface area contributed by atoms with Crippen molar-refractivity contribution in [3.8, 4) is 6.07 Å². The maximum atomic E-state index is 13.1. The van der Waals surface area contributed by atoms with Gasteiger partial charge in [0, 0.05) is 11.5 Å². The van der Waals surface area contributed by atoms with Crippen molar-refractivity contribution >= 4 is 28.5 Å². The monoisotopic (exact) mass is 412 g/mol. The SMILES string of the molecule is CC1=C(c2noc(C(=C[N+](C)(C)C)C(=O)C(F)(F)F)c2C#N)CC(Cl)=CC=C1. The van der Waals surface area contributed by atoms with E-state index >= 15 is 0 Å². The summed E-state index contributed by atoms with van der Waals surface area (Å²) in [7, 11) is 4.71. The number of aromatic nitrogens is 1. The van der Waals surface area contributed by atoms with E-state index in [1.807, 2.05) is 6.07 Å². The van der Waals surface area contributed by atoms with Crippen molar-refractivity contribution in [2.24, 2.45) is 0 Å². The highest BCUT2D eigenvalue weighted by molar-refractivity contribution is 6.30. The van der Waals surface area contributed by atoms with E-state index in [4.69, 9.17) is 16.1 Å². The van der Waals surface area contributed by atoms with Crippen LogP contribution in [0.2, 0.25) is 0 Å². The Hall–Kier alpha value is -2.63. The van der Waals surface area contributed by atoms with Crippen molar-refractivity contribution in [2.75, 3.05) is 21.1 Å². The fourth-order valence-electron chi connectivity index (χ4n) is 2.58. The molecule has 0 saturated heterocycles. The van der Waals surface area contributed by atoms with E-state index in [0.717, 1.165) is 11.8 Å². The number of carbonyl (C=O) groups excluding carboxylic acids is 1. The van der Waals surface area contributed by atoms with Crippen molar-refractivity contribution in [3.05, 3.63) is 52.1 Å². The lowest BCUT2D eigenvalue weighted by molar-refractivity contribution is -0.816. The number of hydrogen-bond acceptors (Lipinski definition) is 4. The first kappa shape index (κ1) is 21.7. The molecule has 1 heterocycles. The molecule has 1 aromatic rings. The summed E-state index contributed by atoms with van der Waals surface area (Å²) < 4.78 is 44.4. The molecular weight excluding hydrogens is 395 g/mol. The number of nitriles is 1. The molecule has 0 aliphatic heterocycles. The molecule has 9 heteroatoms. The number of quaternary nitrogens is 1. The fourth-order valence-corrected chi connectivity index (χ4v) is 2.79. The van der Waals surface area contributed by atoms with Crippen molar-refractivity contribution in [2.45, 2.75) is 19.5 Å². The first-order valence-electron chi connectivity index (χ1n) is 8.13. The number of alkyl halides is 3. The highest BCUT2D eigenvalue weighted by Crippen LogP contribution is 2.36. The third kappa shape index (κ3) is 4.80. The van der Waals surface area contributed by atoms with Gasteiger partial charge in [-0.1, -0.05) is 28.9 Å². The number of Topliss-reactive ketones (excluding diaryl/α,β-unsaturated/α-hetero) is 1. The normalized spacial score (nSPS) is 16.0. The van der Waals surface area contributed by atoms with Gasteiger partial charge >= 0.3 is 6.18 Å². The van der Waals surface area contributed by atoms with Gasteiger partial charge in [-0.15, -0.1) is 0 Å². The van der Waals surface area contributed by atoms with Crippen LogP contribution in [0.1, 0.15) is 30.4 Å². The molecule has 0 spiro atoms. The summed E-state index contributed by atoms with van der Waals surface area (Å²) in [5, 5.41) is 13.9. The predicted molar refractivity (Wildman–Crippen MR) is 98.6 cm³/mol. The van der Waals surface area contributed by atoms with Crippen LogP contribution in [-0.4, -0.2) is 42.7 Å². The topological polar surface area (TPSA) is 66.9 Å². The summed E-state index contributed by atoms with van der Waals surface area (Å²) in [5.74, 6) is -2.62. The van der Waals surface area contributed by atoms with Crippen molar-refractivity contribution in [3.63, 3.8) is 0 Å². The van der Waals surface area contributed by atoms with E-state index in [0.29, 0.717) is 10.6 Å². The lowest BCUT2D eigenvalue weighted by Gasteiger charge is -2.19. The molecule has 0 unspecified atom stereocenters. The van der Waals surface area contributed by atoms with Crippen LogP contribution < -0.4 is 0 Å². The van der Waals surface area contributed by atoms with Crippen molar-refractivity contribution < 1.29 is 27.0 Å². The van der Waals surface area contributed by atoms with Gasteiger partial charge in [0.25, 0.3) is 5.78 Å². The Balaban J connectivity index is 2.72. The molecule has 2 rings (SSSR count). The van der Waals surface area contributed by atoms with E-state index in [9.17, 15) is 23.2 Å². The van der Waals surface area contributed by atoms with E-state index in [1.54, 1.807) is 46.3 Å². The largest absolute Gasteiger partial charge is 0.455 e. The number of nitrogens with zero attached hydrogens (tertiary/aromatic N) is 3. The quantitative estimate of drug-likeness (QED) is 0.536. The first-order chi connectivity index (χ1) is 12.8. The maximum Gasteiger partial charge on any atom is 0.455 e. The van der Waals surface area contributed by atoms with Crippen LogP contribution in [0.4, 0.5) is 13.2 Å². The summed E-state index contributed by atoms with van der Waals surface area (Å²) in [5.41, 5.74) is 0.314. The summed E-state index contributed by atoms with van der Waals surface area (Å²) in [6, 6.07) is 1.83. The van der Waals surface area contributed by atoms with Crippen LogP contribution in [0.25, 0.3) is 11.1 Å². The Kier molecular flexibility index (Phi) is 6.02. The van der Waals surface area contributed by atoms with Crippen LogP contribution in [0.5, 0.6) is 0 Å². The van der Waals surface area contributed by atoms with E-state index in [2.05, 4.69) is 5.16 Å². The van der Waals surface area contributed by atoms with Gasteiger partial charge in [-0.25, -0.2) is 0 Å². The minimum absolute atomic E-state index is 0.0652. The standard InChI is InChI=1S/C19H18ClF3N3O2/c1-11-6-5-7-12(20)8-13(11)16-14(9-24)17(28-25-16)15(10-26(2,3)4)18(27)19(21,22)23/h5-7,10H,8H2,1-4H3/q+1. The molecule has 0 radical (unpaired) electrons. The van der Waals surface area contributed by atoms with Crippen molar-refractivity contribution in [1.82, 2.24) is 5.16 Å². The molecule has 28 heavy (non-hydrogen) atoms. The summed E-state index contributed by atoms with van der Waals surface area (Å²) in [6.07, 6.45) is 1.29. The van der Waals surface area contributed by atoms with E-state index in [-0.39, 0.29) is 22.2 Å².